The van der Waals surface area contributed by atoms with Gasteiger partial charge in [0.1, 0.15) is 5.56 Å². The maximum absolute atomic E-state index is 11.2. The number of carboxylic acids is 1. The molecule has 0 fully saturated rings. The van der Waals surface area contributed by atoms with Crippen molar-refractivity contribution in [1.82, 2.24) is 9.78 Å². The van der Waals surface area contributed by atoms with Gasteiger partial charge in [0.15, 0.2) is 0 Å². The highest BCUT2D eigenvalue weighted by atomic mass is 16.4. The highest BCUT2D eigenvalue weighted by molar-refractivity contribution is 5.88. The second-order valence-electron chi connectivity index (χ2n) is 5.87. The third-order valence-corrected chi connectivity index (χ3v) is 3.41. The fourth-order valence-electron chi connectivity index (χ4n) is 2.22. The van der Waals surface area contributed by atoms with E-state index in [9.17, 15) is 4.79 Å². The summed E-state index contributed by atoms with van der Waals surface area (Å²) in [4.78, 5) is 11.2. The minimum atomic E-state index is -0.931. The Morgan fingerprint density at radius 3 is 2.30 bits per heavy atom. The average Bonchev–Trinajstić information content (AvgIpc) is 2.81. The van der Waals surface area contributed by atoms with Crippen LogP contribution >= 0.6 is 0 Å². The summed E-state index contributed by atoms with van der Waals surface area (Å²) in [6.45, 7) is 8.42. The molecule has 0 aliphatic heterocycles. The van der Waals surface area contributed by atoms with E-state index in [2.05, 4.69) is 38.0 Å². The molecule has 1 aromatic carbocycles. The number of carbonyl (C=O) groups is 1. The highest BCUT2D eigenvalue weighted by Gasteiger charge is 2.17. The lowest BCUT2D eigenvalue weighted by atomic mass is 9.87. The van der Waals surface area contributed by atoms with Crippen molar-refractivity contribution in [2.24, 2.45) is 0 Å². The molecule has 0 saturated heterocycles. The van der Waals surface area contributed by atoms with Crippen molar-refractivity contribution >= 4 is 5.97 Å². The quantitative estimate of drug-likeness (QED) is 0.931. The molecular formula is C16H20N2O2. The van der Waals surface area contributed by atoms with E-state index < -0.39 is 5.97 Å². The van der Waals surface area contributed by atoms with Crippen molar-refractivity contribution < 1.29 is 9.90 Å². The SMILES string of the molecule is CCc1c(C(=O)O)cnn1-c1ccc(C(C)(C)C)cc1. The number of hydrogen-bond acceptors (Lipinski definition) is 2. The number of rotatable bonds is 3. The minimum absolute atomic E-state index is 0.0997. The van der Waals surface area contributed by atoms with Gasteiger partial charge in [-0.25, -0.2) is 9.48 Å². The number of aromatic carboxylic acids is 1. The summed E-state index contributed by atoms with van der Waals surface area (Å²) in [5, 5.41) is 13.4. The molecule has 20 heavy (non-hydrogen) atoms. The van der Waals surface area contributed by atoms with Crippen LogP contribution in [0.4, 0.5) is 0 Å². The molecular weight excluding hydrogens is 252 g/mol. The Hall–Kier alpha value is -2.10. The van der Waals surface area contributed by atoms with Gasteiger partial charge >= 0.3 is 5.97 Å². The van der Waals surface area contributed by atoms with E-state index in [-0.39, 0.29) is 11.0 Å². The van der Waals surface area contributed by atoms with Crippen LogP contribution in [0.3, 0.4) is 0 Å². The van der Waals surface area contributed by atoms with Gasteiger partial charge in [-0.3, -0.25) is 0 Å². The number of aromatic nitrogens is 2. The number of benzene rings is 1. The summed E-state index contributed by atoms with van der Waals surface area (Å²) in [7, 11) is 0. The summed E-state index contributed by atoms with van der Waals surface area (Å²) in [5.74, 6) is -0.931. The van der Waals surface area contributed by atoms with Gasteiger partial charge < -0.3 is 5.11 Å². The summed E-state index contributed by atoms with van der Waals surface area (Å²) >= 11 is 0. The first-order chi connectivity index (χ1) is 9.34. The van der Waals surface area contributed by atoms with Gasteiger partial charge in [0.25, 0.3) is 0 Å². The van der Waals surface area contributed by atoms with E-state index in [0.717, 1.165) is 11.4 Å². The Bertz CT molecular complexity index is 619. The molecule has 1 aromatic heterocycles. The molecule has 0 amide bonds. The Morgan fingerprint density at radius 1 is 1.25 bits per heavy atom. The smallest absolute Gasteiger partial charge is 0.339 e. The molecule has 0 aliphatic carbocycles. The molecule has 0 atom stereocenters. The first-order valence-electron chi connectivity index (χ1n) is 6.75. The molecule has 1 N–H and O–H groups in total. The van der Waals surface area contributed by atoms with E-state index >= 15 is 0 Å². The van der Waals surface area contributed by atoms with E-state index in [1.807, 2.05) is 19.1 Å². The van der Waals surface area contributed by atoms with Crippen LogP contribution in [-0.4, -0.2) is 20.9 Å². The molecule has 2 aromatic rings. The molecule has 0 spiro atoms. The Morgan fingerprint density at radius 2 is 1.85 bits per heavy atom. The van der Waals surface area contributed by atoms with Gasteiger partial charge in [-0.2, -0.15) is 5.10 Å². The van der Waals surface area contributed by atoms with E-state index in [4.69, 9.17) is 5.11 Å². The lowest BCUT2D eigenvalue weighted by Gasteiger charge is -2.19. The molecule has 4 heteroatoms. The van der Waals surface area contributed by atoms with Gasteiger partial charge in [0, 0.05) is 0 Å². The predicted molar refractivity (Wildman–Crippen MR) is 78.6 cm³/mol. The van der Waals surface area contributed by atoms with Gasteiger partial charge in [-0.1, -0.05) is 39.8 Å². The molecule has 0 unspecified atom stereocenters. The van der Waals surface area contributed by atoms with E-state index in [1.54, 1.807) is 4.68 Å². The van der Waals surface area contributed by atoms with Gasteiger partial charge in [-0.15, -0.1) is 0 Å². The first-order valence-corrected chi connectivity index (χ1v) is 6.75. The highest BCUT2D eigenvalue weighted by Crippen LogP contribution is 2.24. The monoisotopic (exact) mass is 272 g/mol. The van der Waals surface area contributed by atoms with Crippen LogP contribution in [0.1, 0.15) is 49.3 Å². The Kier molecular flexibility index (Phi) is 3.66. The van der Waals surface area contributed by atoms with E-state index in [0.29, 0.717) is 6.42 Å². The zero-order valence-corrected chi connectivity index (χ0v) is 12.3. The van der Waals surface area contributed by atoms with Crippen molar-refractivity contribution in [2.45, 2.75) is 39.5 Å². The van der Waals surface area contributed by atoms with Gasteiger partial charge in [0.05, 0.1) is 17.6 Å². The summed E-state index contributed by atoms with van der Waals surface area (Å²) in [6.07, 6.45) is 2.04. The van der Waals surface area contributed by atoms with Gasteiger partial charge in [-0.05, 0) is 29.5 Å². The zero-order chi connectivity index (χ0) is 14.9. The zero-order valence-electron chi connectivity index (χ0n) is 12.3. The normalized spacial score (nSPS) is 11.6. The molecule has 0 bridgehead atoms. The average molecular weight is 272 g/mol. The third kappa shape index (κ3) is 2.59. The first kappa shape index (κ1) is 14.3. The summed E-state index contributed by atoms with van der Waals surface area (Å²) in [5.41, 5.74) is 3.23. The van der Waals surface area contributed by atoms with Crippen LogP contribution in [0.15, 0.2) is 30.5 Å². The molecule has 106 valence electrons. The molecule has 0 aliphatic rings. The Labute approximate surface area is 119 Å². The topological polar surface area (TPSA) is 55.1 Å². The predicted octanol–water partition coefficient (Wildman–Crippen LogP) is 3.43. The van der Waals surface area contributed by atoms with Crippen molar-refractivity contribution in [3.63, 3.8) is 0 Å². The van der Waals surface area contributed by atoms with Gasteiger partial charge in [0.2, 0.25) is 0 Å². The molecule has 0 saturated carbocycles. The number of hydrogen-bond donors (Lipinski definition) is 1. The molecule has 1 heterocycles. The standard InChI is InChI=1S/C16H20N2O2/c1-5-14-13(15(19)20)10-17-18(14)12-8-6-11(7-9-12)16(2,3)4/h6-10H,5H2,1-4H3,(H,19,20). The number of carboxylic acid groups (broad SMARTS) is 1. The third-order valence-electron chi connectivity index (χ3n) is 3.41. The summed E-state index contributed by atoms with van der Waals surface area (Å²) < 4.78 is 1.70. The fourth-order valence-corrected chi connectivity index (χ4v) is 2.22. The largest absolute Gasteiger partial charge is 0.478 e. The van der Waals surface area contributed by atoms with Crippen LogP contribution in [-0.2, 0) is 11.8 Å². The second-order valence-corrected chi connectivity index (χ2v) is 5.87. The maximum atomic E-state index is 11.2. The maximum Gasteiger partial charge on any atom is 0.339 e. The number of nitrogens with zero attached hydrogens (tertiary/aromatic N) is 2. The molecule has 2 rings (SSSR count). The summed E-state index contributed by atoms with van der Waals surface area (Å²) in [6, 6.07) is 8.10. The fraction of sp³-hybridized carbons (Fsp3) is 0.375. The lowest BCUT2D eigenvalue weighted by Crippen LogP contribution is -2.11. The van der Waals surface area contributed by atoms with Crippen molar-refractivity contribution in [3.8, 4) is 5.69 Å². The van der Waals surface area contributed by atoms with Crippen molar-refractivity contribution in [2.75, 3.05) is 0 Å². The van der Waals surface area contributed by atoms with E-state index in [1.165, 1.54) is 11.8 Å². The van der Waals surface area contributed by atoms with Crippen LogP contribution in [0.25, 0.3) is 5.69 Å². The second kappa shape index (κ2) is 5.12. The van der Waals surface area contributed by atoms with Crippen molar-refractivity contribution in [1.29, 1.82) is 0 Å². The van der Waals surface area contributed by atoms with Crippen molar-refractivity contribution in [3.05, 3.63) is 47.3 Å². The van der Waals surface area contributed by atoms with Crippen LogP contribution in [0.2, 0.25) is 0 Å². The minimum Gasteiger partial charge on any atom is -0.478 e. The van der Waals surface area contributed by atoms with Crippen LogP contribution < -0.4 is 0 Å². The molecule has 0 radical (unpaired) electrons. The van der Waals surface area contributed by atoms with Crippen LogP contribution in [0, 0.1) is 0 Å². The molecule has 4 nitrogen and oxygen atoms in total. The Balaban J connectivity index is 2.45. The van der Waals surface area contributed by atoms with Crippen LogP contribution in [0.5, 0.6) is 0 Å². The lowest BCUT2D eigenvalue weighted by molar-refractivity contribution is 0.0695.